The first-order chi connectivity index (χ1) is 8.18. The minimum Gasteiger partial charge on any atom is -0.488 e. The zero-order valence-corrected chi connectivity index (χ0v) is 12.2. The monoisotopic (exact) mass is 355 g/mol. The molecule has 0 unspecified atom stereocenters. The fourth-order valence-corrected chi connectivity index (χ4v) is 2.19. The molecule has 2 N–H and O–H groups in total. The van der Waals surface area contributed by atoms with Gasteiger partial charge in [0.2, 0.25) is 0 Å². The lowest BCUT2D eigenvalue weighted by Crippen LogP contribution is -1.98. The molecule has 17 heavy (non-hydrogen) atoms. The Bertz CT molecular complexity index is 529. The van der Waals surface area contributed by atoms with Crippen molar-refractivity contribution in [3.8, 4) is 5.75 Å². The van der Waals surface area contributed by atoms with E-state index in [1.807, 2.05) is 42.5 Å². The van der Waals surface area contributed by atoms with Gasteiger partial charge in [-0.05, 0) is 34.1 Å². The van der Waals surface area contributed by atoms with E-state index in [0.29, 0.717) is 12.3 Å². The molecule has 2 nitrogen and oxygen atoms in total. The second-order valence-electron chi connectivity index (χ2n) is 3.54. The molecule has 0 aliphatic carbocycles. The Morgan fingerprint density at radius 1 is 1.00 bits per heavy atom. The molecule has 4 heteroatoms. The summed E-state index contributed by atoms with van der Waals surface area (Å²) in [5.74, 6) is 0.751. The van der Waals surface area contributed by atoms with Gasteiger partial charge in [0.1, 0.15) is 12.4 Å². The number of rotatable bonds is 3. The van der Waals surface area contributed by atoms with Crippen LogP contribution >= 0.6 is 31.9 Å². The molecule has 0 radical (unpaired) electrons. The highest BCUT2D eigenvalue weighted by atomic mass is 79.9. The predicted molar refractivity (Wildman–Crippen MR) is 77.0 cm³/mol. The van der Waals surface area contributed by atoms with Crippen LogP contribution in [0.25, 0.3) is 0 Å². The average Bonchev–Trinajstić information content (AvgIpc) is 2.33. The van der Waals surface area contributed by atoms with Crippen molar-refractivity contribution in [3.05, 3.63) is 57.0 Å². The Hall–Kier alpha value is -1.000. The van der Waals surface area contributed by atoms with Crippen molar-refractivity contribution in [2.45, 2.75) is 6.61 Å². The van der Waals surface area contributed by atoms with Crippen LogP contribution in [-0.4, -0.2) is 0 Å². The first-order valence-electron chi connectivity index (χ1n) is 5.08. The zero-order chi connectivity index (χ0) is 12.3. The van der Waals surface area contributed by atoms with E-state index >= 15 is 0 Å². The molecule has 0 aromatic heterocycles. The molecule has 0 saturated heterocycles. The van der Waals surface area contributed by atoms with Crippen molar-refractivity contribution in [1.82, 2.24) is 0 Å². The summed E-state index contributed by atoms with van der Waals surface area (Å²) in [6, 6.07) is 13.6. The van der Waals surface area contributed by atoms with Gasteiger partial charge in [0, 0.05) is 15.7 Å². The number of halogens is 2. The zero-order valence-electron chi connectivity index (χ0n) is 8.99. The second-order valence-corrected chi connectivity index (χ2v) is 5.19. The Labute approximate surface area is 117 Å². The van der Waals surface area contributed by atoms with Crippen LogP contribution < -0.4 is 10.5 Å². The number of nitrogens with two attached hydrogens (primary N) is 1. The van der Waals surface area contributed by atoms with E-state index in [4.69, 9.17) is 10.5 Å². The molecule has 0 spiro atoms. The lowest BCUT2D eigenvalue weighted by atomic mass is 10.2. The van der Waals surface area contributed by atoms with Crippen LogP contribution in [0.2, 0.25) is 0 Å². The number of benzene rings is 2. The van der Waals surface area contributed by atoms with Gasteiger partial charge in [-0.15, -0.1) is 0 Å². The van der Waals surface area contributed by atoms with E-state index in [0.717, 1.165) is 20.3 Å². The van der Waals surface area contributed by atoms with Gasteiger partial charge in [-0.1, -0.05) is 40.2 Å². The standard InChI is InChI=1S/C13H11Br2NO/c14-10-5-2-1-4-9(10)8-17-12-7-3-6-11(16)13(12)15/h1-7H,8,16H2. The molecule has 0 heterocycles. The van der Waals surface area contributed by atoms with Crippen LogP contribution in [-0.2, 0) is 6.61 Å². The molecule has 0 fully saturated rings. The SMILES string of the molecule is Nc1cccc(OCc2ccccc2Br)c1Br. The summed E-state index contributed by atoms with van der Waals surface area (Å²) in [5, 5.41) is 0. The minimum absolute atomic E-state index is 0.503. The Balaban J connectivity index is 2.13. The van der Waals surface area contributed by atoms with Crippen LogP contribution in [0.5, 0.6) is 5.75 Å². The third kappa shape index (κ3) is 3.01. The third-order valence-corrected chi connectivity index (χ3v) is 3.96. The van der Waals surface area contributed by atoms with Crippen molar-refractivity contribution < 1.29 is 4.74 Å². The van der Waals surface area contributed by atoms with Gasteiger partial charge in [0.05, 0.1) is 4.47 Å². The fraction of sp³-hybridized carbons (Fsp3) is 0.0769. The molecule has 2 aromatic carbocycles. The first kappa shape index (κ1) is 12.5. The normalized spacial score (nSPS) is 10.2. The maximum Gasteiger partial charge on any atom is 0.136 e. The second kappa shape index (κ2) is 5.56. The lowest BCUT2D eigenvalue weighted by Gasteiger charge is -2.10. The number of ether oxygens (including phenoxy) is 1. The van der Waals surface area contributed by atoms with Crippen molar-refractivity contribution >= 4 is 37.5 Å². The maximum absolute atomic E-state index is 5.78. The van der Waals surface area contributed by atoms with E-state index in [-0.39, 0.29) is 0 Å². The van der Waals surface area contributed by atoms with Crippen LogP contribution in [0.15, 0.2) is 51.4 Å². The van der Waals surface area contributed by atoms with Crippen molar-refractivity contribution in [2.24, 2.45) is 0 Å². The topological polar surface area (TPSA) is 35.2 Å². The van der Waals surface area contributed by atoms with E-state index < -0.39 is 0 Å². The molecule has 0 aliphatic heterocycles. The molecule has 2 rings (SSSR count). The quantitative estimate of drug-likeness (QED) is 0.828. The average molecular weight is 357 g/mol. The van der Waals surface area contributed by atoms with Gasteiger partial charge in [0.25, 0.3) is 0 Å². The van der Waals surface area contributed by atoms with Gasteiger partial charge in [0.15, 0.2) is 0 Å². The summed E-state index contributed by atoms with van der Waals surface area (Å²) in [5.41, 5.74) is 7.56. The Morgan fingerprint density at radius 3 is 2.53 bits per heavy atom. The first-order valence-corrected chi connectivity index (χ1v) is 6.67. The van der Waals surface area contributed by atoms with Gasteiger partial charge >= 0.3 is 0 Å². The molecule has 0 amide bonds. The summed E-state index contributed by atoms with van der Waals surface area (Å²) in [7, 11) is 0. The third-order valence-electron chi connectivity index (χ3n) is 2.33. The largest absolute Gasteiger partial charge is 0.488 e. The fourth-order valence-electron chi connectivity index (χ4n) is 1.41. The van der Waals surface area contributed by atoms with Gasteiger partial charge < -0.3 is 10.5 Å². The van der Waals surface area contributed by atoms with Crippen molar-refractivity contribution in [1.29, 1.82) is 0 Å². The summed E-state index contributed by atoms with van der Waals surface area (Å²) in [6.45, 7) is 0.503. The van der Waals surface area contributed by atoms with Crippen LogP contribution in [0.1, 0.15) is 5.56 Å². The molecular weight excluding hydrogens is 346 g/mol. The number of hydrogen-bond donors (Lipinski definition) is 1. The molecule has 0 aliphatic rings. The number of nitrogen functional groups attached to an aromatic ring is 1. The summed E-state index contributed by atoms with van der Waals surface area (Å²) in [6.07, 6.45) is 0. The van der Waals surface area contributed by atoms with E-state index in [1.165, 1.54) is 0 Å². The van der Waals surface area contributed by atoms with E-state index in [9.17, 15) is 0 Å². The van der Waals surface area contributed by atoms with Crippen LogP contribution in [0, 0.1) is 0 Å². The number of anilines is 1. The van der Waals surface area contributed by atoms with Crippen molar-refractivity contribution in [3.63, 3.8) is 0 Å². The highest BCUT2D eigenvalue weighted by Crippen LogP contribution is 2.31. The maximum atomic E-state index is 5.78. The molecular formula is C13H11Br2NO. The van der Waals surface area contributed by atoms with E-state index in [2.05, 4.69) is 31.9 Å². The molecule has 0 bridgehead atoms. The lowest BCUT2D eigenvalue weighted by molar-refractivity contribution is 0.304. The van der Waals surface area contributed by atoms with Crippen LogP contribution in [0.4, 0.5) is 5.69 Å². The Kier molecular flexibility index (Phi) is 4.07. The molecule has 0 saturated carbocycles. The van der Waals surface area contributed by atoms with Gasteiger partial charge in [-0.2, -0.15) is 0 Å². The summed E-state index contributed by atoms with van der Waals surface area (Å²) in [4.78, 5) is 0. The molecule has 88 valence electrons. The van der Waals surface area contributed by atoms with Crippen molar-refractivity contribution in [2.75, 3.05) is 5.73 Å². The van der Waals surface area contributed by atoms with Gasteiger partial charge in [-0.25, -0.2) is 0 Å². The van der Waals surface area contributed by atoms with Gasteiger partial charge in [-0.3, -0.25) is 0 Å². The van der Waals surface area contributed by atoms with E-state index in [1.54, 1.807) is 0 Å². The smallest absolute Gasteiger partial charge is 0.136 e. The minimum atomic E-state index is 0.503. The number of hydrogen-bond acceptors (Lipinski definition) is 2. The summed E-state index contributed by atoms with van der Waals surface area (Å²) >= 11 is 6.90. The highest BCUT2D eigenvalue weighted by molar-refractivity contribution is 9.11. The Morgan fingerprint density at radius 2 is 1.76 bits per heavy atom. The highest BCUT2D eigenvalue weighted by Gasteiger charge is 2.05. The molecule has 0 atom stereocenters. The molecule has 2 aromatic rings. The van der Waals surface area contributed by atoms with Crippen LogP contribution in [0.3, 0.4) is 0 Å². The predicted octanol–water partition coefficient (Wildman–Crippen LogP) is 4.37. The summed E-state index contributed by atoms with van der Waals surface area (Å²) < 4.78 is 7.57.